The van der Waals surface area contributed by atoms with Gasteiger partial charge in [-0.15, -0.1) is 0 Å². The fourth-order valence-electron chi connectivity index (χ4n) is 2.80. The molecule has 17 heavy (non-hydrogen) atoms. The lowest BCUT2D eigenvalue weighted by molar-refractivity contribution is 0.122. The van der Waals surface area contributed by atoms with Crippen molar-refractivity contribution in [2.75, 3.05) is 32.8 Å². The minimum atomic E-state index is -0.316. The van der Waals surface area contributed by atoms with Crippen LogP contribution in [0.25, 0.3) is 0 Å². The molecule has 2 saturated heterocycles. The highest BCUT2D eigenvalue weighted by atomic mass is 16.5. The molecule has 2 aliphatic heterocycles. The Morgan fingerprint density at radius 2 is 2.24 bits per heavy atom. The van der Waals surface area contributed by atoms with Gasteiger partial charge in [-0.05, 0) is 45.8 Å². The Kier molecular flexibility index (Phi) is 5.22. The Morgan fingerprint density at radius 1 is 1.35 bits per heavy atom. The third-order valence-corrected chi connectivity index (χ3v) is 4.02. The summed E-state index contributed by atoms with van der Waals surface area (Å²) in [5, 5.41) is 13.0. The first-order valence-electron chi connectivity index (χ1n) is 7.00. The van der Waals surface area contributed by atoms with E-state index < -0.39 is 0 Å². The van der Waals surface area contributed by atoms with E-state index in [0.717, 1.165) is 19.0 Å². The summed E-state index contributed by atoms with van der Waals surface area (Å²) in [6.45, 7) is 6.89. The molecule has 0 aromatic carbocycles. The quantitative estimate of drug-likeness (QED) is 0.693. The number of likely N-dealkylation sites (tertiary alicyclic amines) is 1. The van der Waals surface area contributed by atoms with Gasteiger partial charge in [-0.3, -0.25) is 0 Å². The average molecular weight is 242 g/mol. The van der Waals surface area contributed by atoms with Gasteiger partial charge in [0.25, 0.3) is 0 Å². The van der Waals surface area contributed by atoms with Gasteiger partial charge in [-0.25, -0.2) is 0 Å². The number of hydrogen-bond donors (Lipinski definition) is 2. The molecule has 0 radical (unpaired) electrons. The lowest BCUT2D eigenvalue weighted by atomic mass is 10.0. The standard InChI is InChI=1S/C13H26N2O2/c1-11-5-2-3-7-15(11)8-4-6-14-12-9-17-10-13(12)16/h11-14,16H,2-10H2,1H3. The van der Waals surface area contributed by atoms with Gasteiger partial charge in [0.1, 0.15) is 0 Å². The number of piperidine rings is 1. The van der Waals surface area contributed by atoms with Crippen LogP contribution in [0.3, 0.4) is 0 Å². The fraction of sp³-hybridized carbons (Fsp3) is 1.00. The topological polar surface area (TPSA) is 44.7 Å². The van der Waals surface area contributed by atoms with Crippen molar-refractivity contribution in [3.05, 3.63) is 0 Å². The zero-order chi connectivity index (χ0) is 12.1. The van der Waals surface area contributed by atoms with Crippen LogP contribution in [0.1, 0.15) is 32.6 Å². The molecule has 3 unspecified atom stereocenters. The number of nitrogens with one attached hydrogen (secondary N) is 1. The summed E-state index contributed by atoms with van der Waals surface area (Å²) in [6.07, 6.45) is 4.94. The number of aliphatic hydroxyl groups is 1. The van der Waals surface area contributed by atoms with E-state index in [2.05, 4.69) is 17.1 Å². The molecule has 100 valence electrons. The van der Waals surface area contributed by atoms with Crippen LogP contribution < -0.4 is 5.32 Å². The summed E-state index contributed by atoms with van der Waals surface area (Å²) in [6, 6.07) is 0.901. The number of hydrogen-bond acceptors (Lipinski definition) is 4. The monoisotopic (exact) mass is 242 g/mol. The van der Waals surface area contributed by atoms with Gasteiger partial charge in [0.2, 0.25) is 0 Å². The maximum atomic E-state index is 9.58. The number of aliphatic hydroxyl groups excluding tert-OH is 1. The first-order valence-corrected chi connectivity index (χ1v) is 7.00. The van der Waals surface area contributed by atoms with Crippen molar-refractivity contribution in [3.63, 3.8) is 0 Å². The van der Waals surface area contributed by atoms with Gasteiger partial charge in [0.05, 0.1) is 25.4 Å². The highest BCUT2D eigenvalue weighted by Gasteiger charge is 2.25. The summed E-state index contributed by atoms with van der Waals surface area (Å²) < 4.78 is 5.21. The highest BCUT2D eigenvalue weighted by Crippen LogP contribution is 2.16. The van der Waals surface area contributed by atoms with E-state index in [-0.39, 0.29) is 12.1 Å². The largest absolute Gasteiger partial charge is 0.389 e. The van der Waals surface area contributed by atoms with Crippen LogP contribution in [-0.4, -0.2) is 61.0 Å². The molecular formula is C13H26N2O2. The fourth-order valence-corrected chi connectivity index (χ4v) is 2.80. The first-order chi connectivity index (χ1) is 8.27. The number of rotatable bonds is 5. The molecule has 0 aliphatic carbocycles. The van der Waals surface area contributed by atoms with Crippen molar-refractivity contribution >= 4 is 0 Å². The Hall–Kier alpha value is -0.160. The third-order valence-electron chi connectivity index (χ3n) is 4.02. The molecular weight excluding hydrogens is 216 g/mol. The van der Waals surface area contributed by atoms with Gasteiger partial charge in [0.15, 0.2) is 0 Å². The van der Waals surface area contributed by atoms with Gasteiger partial charge in [-0.1, -0.05) is 6.42 Å². The van der Waals surface area contributed by atoms with E-state index >= 15 is 0 Å². The van der Waals surface area contributed by atoms with Gasteiger partial charge < -0.3 is 20.1 Å². The van der Waals surface area contributed by atoms with Gasteiger partial charge in [-0.2, -0.15) is 0 Å². The van der Waals surface area contributed by atoms with Crippen LogP contribution in [0.2, 0.25) is 0 Å². The lowest BCUT2D eigenvalue weighted by Gasteiger charge is -2.33. The normalized spacial score (nSPS) is 35.3. The molecule has 2 fully saturated rings. The van der Waals surface area contributed by atoms with Crippen molar-refractivity contribution < 1.29 is 9.84 Å². The zero-order valence-electron chi connectivity index (χ0n) is 10.9. The van der Waals surface area contributed by atoms with Crippen LogP contribution in [0.4, 0.5) is 0 Å². The van der Waals surface area contributed by atoms with E-state index in [9.17, 15) is 5.11 Å². The Bertz CT molecular complexity index is 225. The number of ether oxygens (including phenoxy) is 1. The molecule has 0 spiro atoms. The minimum Gasteiger partial charge on any atom is -0.389 e. The van der Waals surface area contributed by atoms with Gasteiger partial charge in [0, 0.05) is 6.04 Å². The summed E-state index contributed by atoms with van der Waals surface area (Å²) in [4.78, 5) is 2.59. The van der Waals surface area contributed by atoms with Crippen molar-refractivity contribution in [2.24, 2.45) is 0 Å². The van der Waals surface area contributed by atoms with Crippen LogP contribution in [0.5, 0.6) is 0 Å². The van der Waals surface area contributed by atoms with Crippen LogP contribution in [-0.2, 0) is 4.74 Å². The Balaban J connectivity index is 1.56. The van der Waals surface area contributed by atoms with E-state index in [1.54, 1.807) is 0 Å². The zero-order valence-corrected chi connectivity index (χ0v) is 10.9. The Labute approximate surface area is 104 Å². The molecule has 3 atom stereocenters. The van der Waals surface area contributed by atoms with Crippen molar-refractivity contribution in [1.82, 2.24) is 10.2 Å². The molecule has 2 rings (SSSR count). The summed E-state index contributed by atoms with van der Waals surface area (Å²) in [5.74, 6) is 0. The maximum Gasteiger partial charge on any atom is 0.0948 e. The molecule has 0 aromatic rings. The van der Waals surface area contributed by atoms with E-state index in [1.165, 1.54) is 32.4 Å². The first kappa shape index (κ1) is 13.3. The second-order valence-electron chi connectivity index (χ2n) is 5.40. The van der Waals surface area contributed by atoms with Crippen LogP contribution in [0, 0.1) is 0 Å². The molecule has 0 aromatic heterocycles. The molecule has 0 saturated carbocycles. The number of nitrogens with zero attached hydrogens (tertiary/aromatic N) is 1. The minimum absolute atomic E-state index is 0.147. The van der Waals surface area contributed by atoms with Crippen LogP contribution >= 0.6 is 0 Å². The molecule has 0 amide bonds. The predicted molar refractivity (Wildman–Crippen MR) is 68.1 cm³/mol. The molecule has 0 bridgehead atoms. The molecule has 2 heterocycles. The molecule has 4 heteroatoms. The average Bonchev–Trinajstić information content (AvgIpc) is 2.73. The van der Waals surface area contributed by atoms with Crippen molar-refractivity contribution in [3.8, 4) is 0 Å². The smallest absolute Gasteiger partial charge is 0.0948 e. The van der Waals surface area contributed by atoms with Crippen LogP contribution in [0.15, 0.2) is 0 Å². The highest BCUT2D eigenvalue weighted by molar-refractivity contribution is 4.80. The van der Waals surface area contributed by atoms with E-state index in [1.807, 2.05) is 0 Å². The molecule has 2 aliphatic rings. The molecule has 4 nitrogen and oxygen atoms in total. The molecule has 2 N–H and O–H groups in total. The lowest BCUT2D eigenvalue weighted by Crippen LogP contribution is -2.42. The van der Waals surface area contributed by atoms with E-state index in [0.29, 0.717) is 13.2 Å². The summed E-state index contributed by atoms with van der Waals surface area (Å²) in [7, 11) is 0. The maximum absolute atomic E-state index is 9.58. The SMILES string of the molecule is CC1CCCCN1CCCNC1COCC1O. The summed E-state index contributed by atoms with van der Waals surface area (Å²) >= 11 is 0. The van der Waals surface area contributed by atoms with E-state index in [4.69, 9.17) is 4.74 Å². The second-order valence-corrected chi connectivity index (χ2v) is 5.40. The third kappa shape index (κ3) is 3.91. The summed E-state index contributed by atoms with van der Waals surface area (Å²) in [5.41, 5.74) is 0. The van der Waals surface area contributed by atoms with Crippen molar-refractivity contribution in [2.45, 2.75) is 50.8 Å². The van der Waals surface area contributed by atoms with Gasteiger partial charge >= 0.3 is 0 Å². The van der Waals surface area contributed by atoms with Crippen molar-refractivity contribution in [1.29, 1.82) is 0 Å². The predicted octanol–water partition coefficient (Wildman–Crippen LogP) is 0.600. The Morgan fingerprint density at radius 3 is 2.94 bits per heavy atom. The second kappa shape index (κ2) is 6.69.